The van der Waals surface area contributed by atoms with Gasteiger partial charge in [0.15, 0.2) is 0 Å². The van der Waals surface area contributed by atoms with E-state index >= 15 is 0 Å². The SMILES string of the molecule is CN(C)c1ccc(NC(=O)c2cccs2)cc1N. The fraction of sp³-hybridized carbons (Fsp3) is 0.154. The number of nitrogen functional groups attached to an aromatic ring is 1. The predicted molar refractivity (Wildman–Crippen MR) is 77.5 cm³/mol. The molecule has 0 aliphatic heterocycles. The Balaban J connectivity index is 2.16. The van der Waals surface area contributed by atoms with Gasteiger partial charge in [0.25, 0.3) is 5.91 Å². The summed E-state index contributed by atoms with van der Waals surface area (Å²) in [6.45, 7) is 0. The molecule has 3 N–H and O–H groups in total. The molecule has 0 bridgehead atoms. The Hall–Kier alpha value is -2.01. The lowest BCUT2D eigenvalue weighted by atomic mass is 10.2. The molecule has 94 valence electrons. The Kier molecular flexibility index (Phi) is 3.53. The number of nitrogens with two attached hydrogens (primary N) is 1. The number of carbonyl (C=O) groups is 1. The molecule has 0 saturated heterocycles. The van der Waals surface area contributed by atoms with Crippen LogP contribution in [-0.2, 0) is 0 Å². The van der Waals surface area contributed by atoms with E-state index in [1.54, 1.807) is 12.1 Å². The van der Waals surface area contributed by atoms with Crippen molar-refractivity contribution in [2.75, 3.05) is 30.0 Å². The van der Waals surface area contributed by atoms with Crippen molar-refractivity contribution in [3.05, 3.63) is 40.6 Å². The zero-order valence-corrected chi connectivity index (χ0v) is 11.1. The predicted octanol–water partition coefficient (Wildman–Crippen LogP) is 2.65. The summed E-state index contributed by atoms with van der Waals surface area (Å²) in [6, 6.07) is 9.14. The third kappa shape index (κ3) is 2.62. The van der Waals surface area contributed by atoms with Crippen LogP contribution in [0.4, 0.5) is 17.1 Å². The van der Waals surface area contributed by atoms with Crippen LogP contribution < -0.4 is 16.0 Å². The van der Waals surface area contributed by atoms with E-state index in [4.69, 9.17) is 5.73 Å². The van der Waals surface area contributed by atoms with E-state index in [-0.39, 0.29) is 5.91 Å². The number of rotatable bonds is 3. The minimum absolute atomic E-state index is 0.109. The summed E-state index contributed by atoms with van der Waals surface area (Å²) < 4.78 is 0. The summed E-state index contributed by atoms with van der Waals surface area (Å²) in [4.78, 5) is 14.5. The third-order valence-corrected chi connectivity index (χ3v) is 3.38. The number of nitrogens with zero attached hydrogens (tertiary/aromatic N) is 1. The summed E-state index contributed by atoms with van der Waals surface area (Å²) in [6.07, 6.45) is 0. The molecule has 1 aromatic carbocycles. The minimum atomic E-state index is -0.109. The highest BCUT2D eigenvalue weighted by atomic mass is 32.1. The van der Waals surface area contributed by atoms with Crippen molar-refractivity contribution in [2.45, 2.75) is 0 Å². The van der Waals surface area contributed by atoms with Crippen molar-refractivity contribution < 1.29 is 4.79 Å². The summed E-state index contributed by atoms with van der Waals surface area (Å²) in [7, 11) is 3.85. The molecule has 0 atom stereocenters. The average Bonchev–Trinajstić information content (AvgIpc) is 2.81. The topological polar surface area (TPSA) is 58.4 Å². The number of amides is 1. The fourth-order valence-electron chi connectivity index (χ4n) is 1.64. The second-order valence-electron chi connectivity index (χ2n) is 4.10. The molecule has 5 heteroatoms. The number of carbonyl (C=O) groups excluding carboxylic acids is 1. The second kappa shape index (κ2) is 5.10. The lowest BCUT2D eigenvalue weighted by Crippen LogP contribution is -2.13. The van der Waals surface area contributed by atoms with Gasteiger partial charge in [0.05, 0.1) is 16.3 Å². The molecule has 1 aromatic heterocycles. The Labute approximate surface area is 110 Å². The molecule has 0 fully saturated rings. The van der Waals surface area contributed by atoms with E-state index in [0.717, 1.165) is 5.69 Å². The summed E-state index contributed by atoms with van der Waals surface area (Å²) in [5, 5.41) is 4.70. The number of nitrogens with one attached hydrogen (secondary N) is 1. The average molecular weight is 261 g/mol. The van der Waals surface area contributed by atoms with Crippen molar-refractivity contribution in [1.82, 2.24) is 0 Å². The summed E-state index contributed by atoms with van der Waals surface area (Å²) in [5.41, 5.74) is 8.21. The third-order valence-electron chi connectivity index (χ3n) is 2.51. The van der Waals surface area contributed by atoms with Crippen molar-refractivity contribution in [2.24, 2.45) is 0 Å². The molecule has 18 heavy (non-hydrogen) atoms. The van der Waals surface area contributed by atoms with Crippen molar-refractivity contribution in [1.29, 1.82) is 0 Å². The van der Waals surface area contributed by atoms with E-state index in [0.29, 0.717) is 16.3 Å². The number of anilines is 3. The van der Waals surface area contributed by atoms with Gasteiger partial charge in [-0.25, -0.2) is 0 Å². The molecular formula is C13H15N3OS. The summed E-state index contributed by atoms with van der Waals surface area (Å²) >= 11 is 1.41. The molecule has 4 nitrogen and oxygen atoms in total. The molecule has 0 saturated carbocycles. The van der Waals surface area contributed by atoms with Gasteiger partial charge in [-0.1, -0.05) is 6.07 Å². The Morgan fingerprint density at radius 3 is 2.67 bits per heavy atom. The quantitative estimate of drug-likeness (QED) is 0.835. The van der Waals surface area contributed by atoms with Crippen LogP contribution in [0.3, 0.4) is 0 Å². The molecule has 2 rings (SSSR count). The van der Waals surface area contributed by atoms with E-state index in [1.807, 2.05) is 42.6 Å². The van der Waals surface area contributed by atoms with Gasteiger partial charge in [-0.15, -0.1) is 11.3 Å². The first-order valence-electron chi connectivity index (χ1n) is 5.49. The van der Waals surface area contributed by atoms with Gasteiger partial charge >= 0.3 is 0 Å². The molecule has 0 spiro atoms. The van der Waals surface area contributed by atoms with Gasteiger partial charge in [0.2, 0.25) is 0 Å². The van der Waals surface area contributed by atoms with Gasteiger partial charge in [-0.2, -0.15) is 0 Å². The van der Waals surface area contributed by atoms with Crippen LogP contribution in [0.1, 0.15) is 9.67 Å². The van der Waals surface area contributed by atoms with E-state index in [2.05, 4.69) is 5.32 Å². The van der Waals surface area contributed by atoms with Crippen molar-refractivity contribution in [3.8, 4) is 0 Å². The highest BCUT2D eigenvalue weighted by molar-refractivity contribution is 7.12. The smallest absolute Gasteiger partial charge is 0.265 e. The second-order valence-corrected chi connectivity index (χ2v) is 5.05. The normalized spacial score (nSPS) is 10.1. The Morgan fingerprint density at radius 2 is 2.11 bits per heavy atom. The monoisotopic (exact) mass is 261 g/mol. The maximum Gasteiger partial charge on any atom is 0.265 e. The maximum atomic E-state index is 11.9. The maximum absolute atomic E-state index is 11.9. The number of benzene rings is 1. The van der Waals surface area contributed by atoms with Gasteiger partial charge in [-0.05, 0) is 29.6 Å². The molecule has 2 aromatic rings. The minimum Gasteiger partial charge on any atom is -0.397 e. The van der Waals surface area contributed by atoms with Crippen LogP contribution >= 0.6 is 11.3 Å². The van der Waals surface area contributed by atoms with Crippen LogP contribution in [0.2, 0.25) is 0 Å². The number of hydrogen-bond acceptors (Lipinski definition) is 4. The van der Waals surface area contributed by atoms with Crippen LogP contribution in [-0.4, -0.2) is 20.0 Å². The van der Waals surface area contributed by atoms with E-state index in [9.17, 15) is 4.79 Å². The molecule has 1 amide bonds. The first kappa shape index (κ1) is 12.4. The van der Waals surface area contributed by atoms with Crippen LogP contribution in [0, 0.1) is 0 Å². The van der Waals surface area contributed by atoms with E-state index in [1.165, 1.54) is 11.3 Å². The number of hydrogen-bond donors (Lipinski definition) is 2. The molecule has 0 aliphatic rings. The van der Waals surface area contributed by atoms with Crippen molar-refractivity contribution >= 4 is 34.3 Å². The highest BCUT2D eigenvalue weighted by Gasteiger charge is 2.08. The first-order chi connectivity index (χ1) is 8.58. The summed E-state index contributed by atoms with van der Waals surface area (Å²) in [5.74, 6) is -0.109. The highest BCUT2D eigenvalue weighted by Crippen LogP contribution is 2.25. The number of thiophene rings is 1. The lowest BCUT2D eigenvalue weighted by molar-refractivity contribution is 0.103. The lowest BCUT2D eigenvalue weighted by Gasteiger charge is -2.16. The molecule has 1 heterocycles. The van der Waals surface area contributed by atoms with Crippen molar-refractivity contribution in [3.63, 3.8) is 0 Å². The van der Waals surface area contributed by atoms with Gasteiger partial charge in [0.1, 0.15) is 0 Å². The van der Waals surface area contributed by atoms with Crippen LogP contribution in [0.15, 0.2) is 35.7 Å². The molecule has 0 unspecified atom stereocenters. The van der Waals surface area contributed by atoms with Crippen LogP contribution in [0.25, 0.3) is 0 Å². The Bertz CT molecular complexity index is 549. The Morgan fingerprint density at radius 1 is 1.33 bits per heavy atom. The van der Waals surface area contributed by atoms with Gasteiger partial charge in [-0.3, -0.25) is 4.79 Å². The zero-order valence-electron chi connectivity index (χ0n) is 10.3. The van der Waals surface area contributed by atoms with Gasteiger partial charge < -0.3 is 16.0 Å². The largest absolute Gasteiger partial charge is 0.397 e. The first-order valence-corrected chi connectivity index (χ1v) is 6.37. The van der Waals surface area contributed by atoms with Crippen LogP contribution in [0.5, 0.6) is 0 Å². The fourth-order valence-corrected chi connectivity index (χ4v) is 2.26. The molecular weight excluding hydrogens is 246 g/mol. The van der Waals surface area contributed by atoms with E-state index < -0.39 is 0 Å². The van der Waals surface area contributed by atoms with Gasteiger partial charge in [0, 0.05) is 19.8 Å². The molecule has 0 aliphatic carbocycles. The molecule has 0 radical (unpaired) electrons. The standard InChI is InChI=1S/C13H15N3OS/c1-16(2)11-6-5-9(8-10(11)14)15-13(17)12-4-3-7-18-12/h3-8H,14H2,1-2H3,(H,15,17). The zero-order chi connectivity index (χ0) is 13.1.